The Balaban J connectivity index is 0.000000815. The van der Waals surface area contributed by atoms with Gasteiger partial charge in [-0.05, 0) is 85.3 Å². The molecule has 0 aromatic heterocycles. The summed E-state index contributed by atoms with van der Waals surface area (Å²) in [6.07, 6.45) is -2.67. The molecule has 1 saturated carbocycles. The van der Waals surface area contributed by atoms with Crippen LogP contribution in [-0.2, 0) is 23.9 Å². The summed E-state index contributed by atoms with van der Waals surface area (Å²) in [5.41, 5.74) is 3.35. The minimum atomic E-state index is -5.08. The molecule has 2 heterocycles. The lowest BCUT2D eigenvalue weighted by Crippen LogP contribution is -2.44. The highest BCUT2D eigenvalue weighted by molar-refractivity contribution is 6.31. The number of methoxy groups -OCH3 is 1. The van der Waals surface area contributed by atoms with Crippen LogP contribution in [0, 0.1) is 24.5 Å². The van der Waals surface area contributed by atoms with Crippen LogP contribution in [0.25, 0.3) is 0 Å². The zero-order valence-corrected chi connectivity index (χ0v) is 30.6. The number of aliphatic hydroxyl groups excluding tert-OH is 1. The number of ether oxygens (including phenoxy) is 1. The Morgan fingerprint density at radius 2 is 1.68 bits per heavy atom. The quantitative estimate of drug-likeness (QED) is 0.219. The second kappa shape index (κ2) is 17.5. The highest BCUT2D eigenvalue weighted by atomic mass is 35.5. The van der Waals surface area contributed by atoms with Crippen LogP contribution in [0.1, 0.15) is 92.5 Å². The molecule has 1 unspecified atom stereocenters. The summed E-state index contributed by atoms with van der Waals surface area (Å²) in [4.78, 5) is 51.4. The van der Waals surface area contributed by atoms with Gasteiger partial charge in [-0.1, -0.05) is 30.7 Å². The number of carboxylic acid groups (broad SMARTS) is 1. The van der Waals surface area contributed by atoms with Gasteiger partial charge in [0.05, 0.1) is 19.3 Å². The fraction of sp³-hybridized carbons (Fsp3) is 0.568. The molecule has 2 aromatic carbocycles. The van der Waals surface area contributed by atoms with Crippen molar-refractivity contribution in [3.8, 4) is 0 Å². The molecule has 16 heteroatoms. The molecule has 0 spiro atoms. The molecule has 2 saturated heterocycles. The van der Waals surface area contributed by atoms with Crippen molar-refractivity contribution in [3.05, 3.63) is 69.2 Å². The summed E-state index contributed by atoms with van der Waals surface area (Å²) in [7, 11) is 1.31. The second-order valence-electron chi connectivity index (χ2n) is 13.9. The van der Waals surface area contributed by atoms with Crippen molar-refractivity contribution in [3.63, 3.8) is 0 Å². The fourth-order valence-corrected chi connectivity index (χ4v) is 8.15. The third-order valence-electron chi connectivity index (χ3n) is 10.5. The maximum atomic E-state index is 15.2. The number of halogens is 6. The number of nitrogens with zero attached hydrogens (tertiary/aromatic N) is 2. The molecule has 0 bridgehead atoms. The lowest BCUT2D eigenvalue weighted by atomic mass is 9.82. The number of aliphatic hydroxyl groups is 1. The molecule has 0 radical (unpaired) electrons. The number of esters is 1. The van der Waals surface area contributed by atoms with E-state index >= 15 is 4.39 Å². The van der Waals surface area contributed by atoms with Crippen LogP contribution < -0.4 is 5.32 Å². The predicted octanol–water partition coefficient (Wildman–Crippen LogP) is 6.02. The molecule has 1 aliphatic carbocycles. The van der Waals surface area contributed by atoms with E-state index in [0.717, 1.165) is 29.2 Å². The van der Waals surface area contributed by atoms with Crippen LogP contribution in [0.2, 0.25) is 5.02 Å². The molecule has 3 aliphatic rings. The summed E-state index contributed by atoms with van der Waals surface area (Å²) in [5.74, 6) is -5.73. The van der Waals surface area contributed by atoms with Crippen molar-refractivity contribution in [1.29, 1.82) is 0 Å². The smallest absolute Gasteiger partial charge is 0.475 e. The van der Waals surface area contributed by atoms with Crippen LogP contribution in [-0.4, -0.2) is 94.9 Å². The molecule has 10 nitrogen and oxygen atoms in total. The van der Waals surface area contributed by atoms with Crippen molar-refractivity contribution in [2.45, 2.75) is 102 Å². The zero-order valence-electron chi connectivity index (χ0n) is 29.9. The van der Waals surface area contributed by atoms with Gasteiger partial charge in [-0.25, -0.2) is 13.6 Å². The first-order valence-electron chi connectivity index (χ1n) is 17.5. The summed E-state index contributed by atoms with van der Waals surface area (Å²) >= 11 is 6.58. The number of amides is 2. The van der Waals surface area contributed by atoms with E-state index in [2.05, 4.69) is 11.4 Å². The molecule has 2 aromatic rings. The lowest BCUT2D eigenvalue weighted by Gasteiger charge is -2.36. The van der Waals surface area contributed by atoms with Crippen molar-refractivity contribution in [1.82, 2.24) is 15.1 Å². The van der Waals surface area contributed by atoms with E-state index < -0.39 is 53.7 Å². The highest BCUT2D eigenvalue weighted by Crippen LogP contribution is 2.46. The number of piperidine rings is 1. The van der Waals surface area contributed by atoms with Crippen LogP contribution in [0.3, 0.4) is 0 Å². The Hall–Kier alpha value is -3.82. The van der Waals surface area contributed by atoms with Gasteiger partial charge < -0.3 is 25.2 Å². The molecule has 53 heavy (non-hydrogen) atoms. The molecular formula is C37H45ClF5N3O7. The maximum absolute atomic E-state index is 15.2. The highest BCUT2D eigenvalue weighted by Gasteiger charge is 2.49. The van der Waals surface area contributed by atoms with Gasteiger partial charge in [-0.3, -0.25) is 19.3 Å². The number of β-amino-alcohol motifs (C(OH)–C–C–N with tert-alkyl or cyclic N) is 1. The van der Waals surface area contributed by atoms with Gasteiger partial charge in [-0.15, -0.1) is 0 Å². The van der Waals surface area contributed by atoms with Crippen LogP contribution in [0.5, 0.6) is 0 Å². The number of carbonyl (C=O) groups excluding carboxylic acids is 3. The third-order valence-corrected chi connectivity index (χ3v) is 10.9. The Kier molecular flexibility index (Phi) is 13.9. The molecule has 3 N–H and O–H groups in total. The number of alkyl halides is 3. The first-order valence-corrected chi connectivity index (χ1v) is 17.9. The first-order chi connectivity index (χ1) is 24.9. The average Bonchev–Trinajstić information content (AvgIpc) is 3.71. The number of likely N-dealkylation sites (tertiary alicyclic amines) is 2. The monoisotopic (exact) mass is 773 g/mol. The topological polar surface area (TPSA) is 136 Å². The van der Waals surface area contributed by atoms with Gasteiger partial charge in [0.15, 0.2) is 0 Å². The maximum Gasteiger partial charge on any atom is 0.490 e. The number of aliphatic carboxylic acids is 1. The summed E-state index contributed by atoms with van der Waals surface area (Å²) < 4.78 is 65.8. The van der Waals surface area contributed by atoms with E-state index in [4.69, 9.17) is 26.2 Å². The number of benzene rings is 2. The summed E-state index contributed by atoms with van der Waals surface area (Å²) in [5, 5.41) is 21.3. The number of hydrogen-bond acceptors (Lipinski definition) is 7. The van der Waals surface area contributed by atoms with E-state index in [0.29, 0.717) is 43.8 Å². The lowest BCUT2D eigenvalue weighted by molar-refractivity contribution is -0.192. The number of nitrogens with one attached hydrogen (secondary N) is 1. The fourth-order valence-electron chi connectivity index (χ4n) is 7.98. The van der Waals surface area contributed by atoms with Gasteiger partial charge in [0.25, 0.3) is 0 Å². The Morgan fingerprint density at radius 3 is 2.23 bits per heavy atom. The van der Waals surface area contributed by atoms with Gasteiger partial charge in [-0.2, -0.15) is 13.2 Å². The Labute approximate surface area is 309 Å². The van der Waals surface area contributed by atoms with Gasteiger partial charge >= 0.3 is 18.1 Å². The molecule has 5 rings (SSSR count). The van der Waals surface area contributed by atoms with E-state index in [1.54, 1.807) is 0 Å². The van der Waals surface area contributed by atoms with Gasteiger partial charge in [0, 0.05) is 56.0 Å². The van der Waals surface area contributed by atoms with Crippen molar-refractivity contribution in [2.24, 2.45) is 5.92 Å². The SMILES string of the molecule is CC[C@H](NC(C)=O)c1cc(C)c(Cl)cc1C1CCN(C(=O)[C@@H]2CC(N3C[C@H](O)C[C@@H]3C(=O)OC)C[C@H]2c2ccc(F)cc2F)CC1.O=C(O)C(F)(F)F. The molecule has 6 atom stereocenters. The molecule has 2 amide bonds. The molecule has 292 valence electrons. The number of hydrogen-bond donors (Lipinski definition) is 3. The minimum Gasteiger partial charge on any atom is -0.475 e. The Morgan fingerprint density at radius 1 is 1.04 bits per heavy atom. The van der Waals surface area contributed by atoms with Gasteiger partial charge in [0.1, 0.15) is 17.7 Å². The summed E-state index contributed by atoms with van der Waals surface area (Å²) in [6, 6.07) is 6.47. The van der Waals surface area contributed by atoms with E-state index in [1.807, 2.05) is 29.7 Å². The van der Waals surface area contributed by atoms with E-state index in [-0.39, 0.29) is 48.3 Å². The minimum absolute atomic E-state index is 0.0871. The second-order valence-corrected chi connectivity index (χ2v) is 14.3. The number of aryl methyl sites for hydroxylation is 1. The van der Waals surface area contributed by atoms with Crippen molar-refractivity contribution >= 4 is 35.4 Å². The predicted molar refractivity (Wildman–Crippen MR) is 184 cm³/mol. The van der Waals surface area contributed by atoms with Crippen molar-refractivity contribution in [2.75, 3.05) is 26.7 Å². The third kappa shape index (κ3) is 10.0. The first kappa shape index (κ1) is 41.9. The largest absolute Gasteiger partial charge is 0.490 e. The van der Waals surface area contributed by atoms with Crippen LogP contribution in [0.4, 0.5) is 22.0 Å². The van der Waals surface area contributed by atoms with E-state index in [9.17, 15) is 37.1 Å². The normalized spacial score (nSPS) is 24.3. The van der Waals surface area contributed by atoms with Crippen LogP contribution >= 0.6 is 11.6 Å². The van der Waals surface area contributed by atoms with Crippen molar-refractivity contribution < 1.29 is 56.1 Å². The average molecular weight is 774 g/mol. The number of carbonyl (C=O) groups is 4. The molecule has 2 aliphatic heterocycles. The molecular weight excluding hydrogens is 729 g/mol. The van der Waals surface area contributed by atoms with E-state index in [1.165, 1.54) is 26.2 Å². The summed E-state index contributed by atoms with van der Waals surface area (Å²) in [6.45, 7) is 6.74. The number of carboxylic acids is 1. The Bertz CT molecular complexity index is 1670. The zero-order chi connectivity index (χ0) is 39.4. The molecule has 3 fully saturated rings. The number of rotatable bonds is 8. The van der Waals surface area contributed by atoms with Gasteiger partial charge in [0.2, 0.25) is 11.8 Å². The standard InChI is InChI=1S/C35H44ClF2N3O5.C2HF3O2/c1-5-32(39-20(3)42)28-12-19(2)30(36)17-26(28)21-8-10-40(11-9-21)34(44)29-15-23(41-18-24(43)16-33(41)35(45)46-4)14-27(29)25-7-6-22(37)13-31(25)38;3-2(4,5)1(6)7/h6-7,12-13,17,21,23-24,27,29,32-33,43H,5,8-11,14-16,18H2,1-4H3,(H,39,42);(H,6,7)/t23?,24-,27+,29-,32+,33-;/m1./s1. The van der Waals surface area contributed by atoms with Crippen LogP contribution in [0.15, 0.2) is 30.3 Å².